The molecule has 0 aliphatic heterocycles. The van der Waals surface area contributed by atoms with Crippen molar-refractivity contribution in [2.24, 2.45) is 0 Å². The van der Waals surface area contributed by atoms with E-state index < -0.39 is 18.0 Å². The predicted molar refractivity (Wildman–Crippen MR) is 89.7 cm³/mol. The van der Waals surface area contributed by atoms with Crippen LogP contribution in [0.25, 0.3) is 6.08 Å². The first kappa shape index (κ1) is 19.1. The number of amides is 1. The fraction of sp³-hybridized carbons (Fsp3) is 0.158. The normalized spacial score (nSPS) is 12.8. The molecule has 0 aliphatic rings. The molecule has 1 amide bonds. The number of nitriles is 1. The molecule has 0 fully saturated rings. The number of nitrogens with one attached hydrogen (secondary N) is 1. The summed E-state index contributed by atoms with van der Waals surface area (Å²) >= 11 is 0. The summed E-state index contributed by atoms with van der Waals surface area (Å²) in [6, 6.07) is 15.7. The van der Waals surface area contributed by atoms with E-state index in [9.17, 15) is 23.2 Å². The van der Waals surface area contributed by atoms with Gasteiger partial charge in [0, 0.05) is 5.56 Å². The van der Waals surface area contributed by atoms with Crippen molar-refractivity contribution >= 4 is 12.0 Å². The molecular weight excluding hydrogens is 345 g/mol. The number of nitrogens with zero attached hydrogens (tertiary/aromatic N) is 1. The Labute approximate surface area is 148 Å². The number of rotatable bonds is 5. The van der Waals surface area contributed by atoms with Crippen LogP contribution in [0.2, 0.25) is 0 Å². The summed E-state index contributed by atoms with van der Waals surface area (Å²) in [5.41, 5.74) is 0.480. The first-order chi connectivity index (χ1) is 12.3. The second kappa shape index (κ2) is 8.21. The largest absolute Gasteiger partial charge is 0.573 e. The Hall–Kier alpha value is -3.27. The molecule has 1 atom stereocenters. The third kappa shape index (κ3) is 5.38. The first-order valence-electron chi connectivity index (χ1n) is 7.62. The van der Waals surface area contributed by atoms with Crippen LogP contribution in [0.4, 0.5) is 13.2 Å². The maximum atomic E-state index is 12.5. The minimum Gasteiger partial charge on any atom is -0.405 e. The van der Waals surface area contributed by atoms with Crippen LogP contribution in [0.15, 0.2) is 60.2 Å². The molecule has 0 saturated heterocycles. The molecule has 1 N–H and O–H groups in total. The number of para-hydroxylation sites is 1. The lowest BCUT2D eigenvalue weighted by molar-refractivity contribution is -0.274. The molecule has 2 aromatic carbocycles. The average molecular weight is 360 g/mol. The summed E-state index contributed by atoms with van der Waals surface area (Å²) in [6.45, 7) is 1.74. The van der Waals surface area contributed by atoms with Crippen molar-refractivity contribution in [2.45, 2.75) is 19.3 Å². The van der Waals surface area contributed by atoms with Gasteiger partial charge in [0.1, 0.15) is 17.4 Å². The summed E-state index contributed by atoms with van der Waals surface area (Å²) in [5.74, 6) is -1.18. The molecule has 0 aromatic heterocycles. The number of halogens is 3. The number of carbonyl (C=O) groups excluding carboxylic acids is 1. The topological polar surface area (TPSA) is 62.1 Å². The van der Waals surface area contributed by atoms with Crippen molar-refractivity contribution < 1.29 is 22.7 Å². The van der Waals surface area contributed by atoms with Crippen LogP contribution < -0.4 is 10.1 Å². The fourth-order valence-electron chi connectivity index (χ4n) is 2.22. The number of alkyl halides is 3. The highest BCUT2D eigenvalue weighted by atomic mass is 19.4. The van der Waals surface area contributed by atoms with E-state index >= 15 is 0 Å². The zero-order valence-electron chi connectivity index (χ0n) is 13.7. The van der Waals surface area contributed by atoms with Gasteiger partial charge in [-0.1, -0.05) is 48.5 Å². The smallest absolute Gasteiger partial charge is 0.405 e. The van der Waals surface area contributed by atoms with Gasteiger partial charge >= 0.3 is 6.36 Å². The highest BCUT2D eigenvalue weighted by Gasteiger charge is 2.32. The Morgan fingerprint density at radius 1 is 1.15 bits per heavy atom. The van der Waals surface area contributed by atoms with E-state index in [1.165, 1.54) is 18.2 Å². The summed E-state index contributed by atoms with van der Waals surface area (Å²) in [5, 5.41) is 11.9. The fourth-order valence-corrected chi connectivity index (χ4v) is 2.22. The molecule has 7 heteroatoms. The van der Waals surface area contributed by atoms with Gasteiger partial charge in [0.2, 0.25) is 0 Å². The van der Waals surface area contributed by atoms with E-state index in [0.29, 0.717) is 0 Å². The van der Waals surface area contributed by atoms with Gasteiger partial charge in [-0.2, -0.15) is 5.26 Å². The van der Waals surface area contributed by atoms with Gasteiger partial charge in [-0.15, -0.1) is 13.2 Å². The Bertz CT molecular complexity index is 840. The molecule has 134 valence electrons. The lowest BCUT2D eigenvalue weighted by Crippen LogP contribution is -2.27. The van der Waals surface area contributed by atoms with Gasteiger partial charge in [-0.3, -0.25) is 4.79 Å². The van der Waals surface area contributed by atoms with Crippen LogP contribution in [0, 0.1) is 11.3 Å². The Morgan fingerprint density at radius 3 is 2.38 bits per heavy atom. The van der Waals surface area contributed by atoms with Crippen molar-refractivity contribution in [3.63, 3.8) is 0 Å². The van der Waals surface area contributed by atoms with Crippen molar-refractivity contribution in [3.8, 4) is 11.8 Å². The van der Waals surface area contributed by atoms with E-state index in [4.69, 9.17) is 0 Å². The maximum Gasteiger partial charge on any atom is 0.573 e. The Kier molecular flexibility index (Phi) is 6.02. The van der Waals surface area contributed by atoms with E-state index in [1.54, 1.807) is 13.0 Å². The third-order valence-corrected chi connectivity index (χ3v) is 3.46. The number of benzene rings is 2. The molecule has 2 rings (SSSR count). The minimum absolute atomic E-state index is 0.0242. The maximum absolute atomic E-state index is 12.5. The van der Waals surface area contributed by atoms with Crippen LogP contribution in [0.1, 0.15) is 24.1 Å². The lowest BCUT2D eigenvalue weighted by atomic mass is 10.1. The highest BCUT2D eigenvalue weighted by molar-refractivity contribution is 6.02. The minimum atomic E-state index is -4.87. The van der Waals surface area contributed by atoms with E-state index in [0.717, 1.165) is 17.7 Å². The summed E-state index contributed by atoms with van der Waals surface area (Å²) in [6.07, 6.45) is -3.81. The number of hydrogen-bond donors (Lipinski definition) is 1. The summed E-state index contributed by atoms with van der Waals surface area (Å²) in [7, 11) is 0. The zero-order chi connectivity index (χ0) is 19.2. The van der Waals surface area contributed by atoms with Crippen molar-refractivity contribution in [2.75, 3.05) is 0 Å². The van der Waals surface area contributed by atoms with Gasteiger partial charge in [-0.25, -0.2) is 0 Å². The molecule has 0 saturated carbocycles. The molecule has 1 unspecified atom stereocenters. The van der Waals surface area contributed by atoms with Gasteiger partial charge in [0.25, 0.3) is 5.91 Å². The van der Waals surface area contributed by atoms with Crippen LogP contribution in [0.3, 0.4) is 0 Å². The van der Waals surface area contributed by atoms with Crippen LogP contribution in [0.5, 0.6) is 5.75 Å². The third-order valence-electron chi connectivity index (χ3n) is 3.46. The van der Waals surface area contributed by atoms with E-state index in [2.05, 4.69) is 10.1 Å². The Morgan fingerprint density at radius 2 is 1.77 bits per heavy atom. The van der Waals surface area contributed by atoms with Crippen LogP contribution >= 0.6 is 0 Å². The molecular formula is C19H15F3N2O2. The summed E-state index contributed by atoms with van der Waals surface area (Å²) < 4.78 is 41.3. The molecule has 0 radical (unpaired) electrons. The summed E-state index contributed by atoms with van der Waals surface area (Å²) in [4.78, 5) is 12.3. The van der Waals surface area contributed by atoms with Crippen LogP contribution in [-0.4, -0.2) is 12.3 Å². The zero-order valence-corrected chi connectivity index (χ0v) is 13.7. The van der Waals surface area contributed by atoms with E-state index in [1.807, 2.05) is 30.3 Å². The molecule has 4 nitrogen and oxygen atoms in total. The molecule has 0 aliphatic carbocycles. The van der Waals surface area contributed by atoms with Crippen molar-refractivity contribution in [3.05, 3.63) is 71.3 Å². The Balaban J connectivity index is 2.23. The number of hydrogen-bond acceptors (Lipinski definition) is 3. The van der Waals surface area contributed by atoms with Crippen LogP contribution in [-0.2, 0) is 4.79 Å². The molecule has 2 aromatic rings. The van der Waals surface area contributed by atoms with Gasteiger partial charge in [-0.05, 0) is 24.6 Å². The monoisotopic (exact) mass is 360 g/mol. The quantitative estimate of drug-likeness (QED) is 0.636. The SMILES string of the molecule is CC(NC(=O)/C(C#N)=C/c1ccccc1OC(F)(F)F)c1ccccc1. The lowest BCUT2D eigenvalue weighted by Gasteiger charge is -2.14. The van der Waals surface area contributed by atoms with Crippen molar-refractivity contribution in [1.29, 1.82) is 5.26 Å². The standard InChI is InChI=1S/C19H15F3N2O2/c1-13(14-7-3-2-4-8-14)24-18(25)16(12-23)11-15-9-5-6-10-17(15)26-19(20,21)22/h2-11,13H,1H3,(H,24,25)/b16-11+. The molecule has 0 bridgehead atoms. The van der Waals surface area contributed by atoms with Gasteiger partial charge in [0.15, 0.2) is 0 Å². The highest BCUT2D eigenvalue weighted by Crippen LogP contribution is 2.27. The second-order valence-electron chi connectivity index (χ2n) is 5.36. The average Bonchev–Trinajstić information content (AvgIpc) is 2.60. The molecule has 0 heterocycles. The second-order valence-corrected chi connectivity index (χ2v) is 5.36. The molecule has 26 heavy (non-hydrogen) atoms. The molecule has 0 spiro atoms. The van der Waals surface area contributed by atoms with Crippen molar-refractivity contribution in [1.82, 2.24) is 5.32 Å². The van der Waals surface area contributed by atoms with Gasteiger partial charge < -0.3 is 10.1 Å². The number of ether oxygens (including phenoxy) is 1. The number of carbonyl (C=O) groups is 1. The first-order valence-corrected chi connectivity index (χ1v) is 7.62. The van der Waals surface area contributed by atoms with Gasteiger partial charge in [0.05, 0.1) is 6.04 Å². The van der Waals surface area contributed by atoms with E-state index in [-0.39, 0.29) is 17.2 Å². The predicted octanol–water partition coefficient (Wildman–Crippen LogP) is 4.37.